The third-order valence-corrected chi connectivity index (χ3v) is 5.97. The highest BCUT2D eigenvalue weighted by Gasteiger charge is 2.31. The van der Waals surface area contributed by atoms with Gasteiger partial charge in [-0.2, -0.15) is 9.29 Å². The van der Waals surface area contributed by atoms with Crippen molar-refractivity contribution in [1.82, 2.24) is 14.4 Å². The molecule has 1 aliphatic rings. The Morgan fingerprint density at radius 1 is 1.22 bits per heavy atom. The Hall–Kier alpha value is -1.93. The first-order valence-corrected chi connectivity index (χ1v) is 8.89. The van der Waals surface area contributed by atoms with Crippen LogP contribution in [-0.2, 0) is 10.0 Å². The number of rotatable bonds is 4. The van der Waals surface area contributed by atoms with Gasteiger partial charge in [-0.15, -0.1) is 0 Å². The average molecular weight is 337 g/mol. The second-order valence-electron chi connectivity index (χ2n) is 5.53. The van der Waals surface area contributed by atoms with Crippen LogP contribution < -0.4 is 4.74 Å². The van der Waals surface area contributed by atoms with Gasteiger partial charge in [0.05, 0.1) is 12.0 Å². The highest BCUT2D eigenvalue weighted by molar-refractivity contribution is 7.89. The van der Waals surface area contributed by atoms with E-state index in [1.165, 1.54) is 4.31 Å². The number of sulfonamides is 1. The monoisotopic (exact) mass is 337 g/mol. The molecule has 0 saturated carbocycles. The molecule has 124 valence electrons. The minimum Gasteiger partial charge on any atom is -0.497 e. The summed E-state index contributed by atoms with van der Waals surface area (Å²) in [5, 5.41) is 3.94. The molecule has 0 aliphatic carbocycles. The highest BCUT2D eigenvalue weighted by atomic mass is 32.2. The molecule has 0 bridgehead atoms. The summed E-state index contributed by atoms with van der Waals surface area (Å²) in [7, 11) is -1.92. The summed E-state index contributed by atoms with van der Waals surface area (Å²) in [6, 6.07) is 6.45. The van der Waals surface area contributed by atoms with Crippen LogP contribution in [-0.4, -0.2) is 43.1 Å². The van der Waals surface area contributed by atoms with E-state index in [4.69, 9.17) is 9.26 Å². The number of ether oxygens (including phenoxy) is 1. The zero-order valence-corrected chi connectivity index (χ0v) is 13.9. The second kappa shape index (κ2) is 6.29. The Kier molecular flexibility index (Phi) is 4.36. The molecular formula is C15H19N3O4S. The Labute approximate surface area is 135 Å². The molecular weight excluding hydrogens is 318 g/mol. The number of piperidine rings is 1. The molecule has 0 N–H and O–H groups in total. The maximum Gasteiger partial charge on any atom is 0.243 e. The van der Waals surface area contributed by atoms with E-state index in [0.717, 1.165) is 0 Å². The van der Waals surface area contributed by atoms with E-state index in [1.54, 1.807) is 38.3 Å². The Balaban J connectivity index is 1.70. The summed E-state index contributed by atoms with van der Waals surface area (Å²) in [6.07, 6.45) is 1.38. The van der Waals surface area contributed by atoms with E-state index >= 15 is 0 Å². The van der Waals surface area contributed by atoms with Crippen molar-refractivity contribution in [2.75, 3.05) is 20.2 Å². The Morgan fingerprint density at radius 2 is 1.87 bits per heavy atom. The number of hydrogen-bond acceptors (Lipinski definition) is 6. The summed E-state index contributed by atoms with van der Waals surface area (Å²) < 4.78 is 36.9. The van der Waals surface area contributed by atoms with Crippen LogP contribution >= 0.6 is 0 Å². The van der Waals surface area contributed by atoms with Gasteiger partial charge in [0.15, 0.2) is 5.82 Å². The number of nitrogens with zero attached hydrogens (tertiary/aromatic N) is 3. The summed E-state index contributed by atoms with van der Waals surface area (Å²) in [5.74, 6) is 1.99. The lowest BCUT2D eigenvalue weighted by Gasteiger charge is -2.29. The minimum absolute atomic E-state index is 0.148. The summed E-state index contributed by atoms with van der Waals surface area (Å²) >= 11 is 0. The van der Waals surface area contributed by atoms with Gasteiger partial charge >= 0.3 is 0 Å². The molecule has 0 unspecified atom stereocenters. The first-order valence-electron chi connectivity index (χ1n) is 7.45. The second-order valence-corrected chi connectivity index (χ2v) is 7.46. The van der Waals surface area contributed by atoms with Crippen molar-refractivity contribution in [3.05, 3.63) is 36.0 Å². The molecule has 1 fully saturated rings. The minimum atomic E-state index is -3.47. The van der Waals surface area contributed by atoms with Crippen LogP contribution in [0.5, 0.6) is 5.75 Å². The molecule has 0 atom stereocenters. The molecule has 23 heavy (non-hydrogen) atoms. The maximum atomic E-state index is 12.7. The quantitative estimate of drug-likeness (QED) is 0.848. The van der Waals surface area contributed by atoms with Crippen molar-refractivity contribution >= 4 is 10.0 Å². The van der Waals surface area contributed by atoms with E-state index in [9.17, 15) is 8.42 Å². The molecule has 2 aromatic rings. The lowest BCUT2D eigenvalue weighted by atomic mass is 9.98. The smallest absolute Gasteiger partial charge is 0.243 e. The SMILES string of the molecule is COc1ccc(S(=O)(=O)N2CCC(c3noc(C)n3)CC2)cc1. The topological polar surface area (TPSA) is 85.5 Å². The molecule has 7 nitrogen and oxygen atoms in total. The fourth-order valence-electron chi connectivity index (χ4n) is 2.73. The highest BCUT2D eigenvalue weighted by Crippen LogP contribution is 2.29. The van der Waals surface area contributed by atoms with Gasteiger partial charge in [0.25, 0.3) is 0 Å². The average Bonchev–Trinajstić information content (AvgIpc) is 3.01. The Morgan fingerprint density at radius 3 is 2.39 bits per heavy atom. The molecule has 1 saturated heterocycles. The van der Waals surface area contributed by atoms with Crippen LogP contribution in [0.25, 0.3) is 0 Å². The first kappa shape index (κ1) is 15.9. The zero-order chi connectivity index (χ0) is 16.4. The van der Waals surface area contributed by atoms with E-state index in [-0.39, 0.29) is 10.8 Å². The third kappa shape index (κ3) is 3.23. The number of aromatic nitrogens is 2. The summed E-state index contributed by atoms with van der Waals surface area (Å²) in [4.78, 5) is 4.52. The van der Waals surface area contributed by atoms with Gasteiger partial charge in [-0.05, 0) is 37.1 Å². The van der Waals surface area contributed by atoms with Gasteiger partial charge < -0.3 is 9.26 Å². The van der Waals surface area contributed by atoms with Gasteiger partial charge in [0.1, 0.15) is 5.75 Å². The predicted octanol–water partition coefficient (Wildman–Crippen LogP) is 1.95. The van der Waals surface area contributed by atoms with Crippen LogP contribution in [0, 0.1) is 6.92 Å². The molecule has 8 heteroatoms. The predicted molar refractivity (Wildman–Crippen MR) is 82.8 cm³/mol. The molecule has 0 radical (unpaired) electrons. The molecule has 1 aliphatic heterocycles. The molecule has 3 rings (SSSR count). The number of benzene rings is 1. The first-order chi connectivity index (χ1) is 11.0. The van der Waals surface area contributed by atoms with Crippen LogP contribution in [0.4, 0.5) is 0 Å². The van der Waals surface area contributed by atoms with Crippen LogP contribution in [0.15, 0.2) is 33.7 Å². The van der Waals surface area contributed by atoms with Crippen molar-refractivity contribution in [3.8, 4) is 5.75 Å². The molecule has 0 amide bonds. The van der Waals surface area contributed by atoms with Gasteiger partial charge in [-0.25, -0.2) is 8.42 Å². The zero-order valence-electron chi connectivity index (χ0n) is 13.1. The van der Waals surface area contributed by atoms with Crippen LogP contribution in [0.2, 0.25) is 0 Å². The molecule has 1 aromatic heterocycles. The van der Waals surface area contributed by atoms with Crippen molar-refractivity contribution in [1.29, 1.82) is 0 Å². The summed E-state index contributed by atoms with van der Waals surface area (Å²) in [6.45, 7) is 2.65. The lowest BCUT2D eigenvalue weighted by Crippen LogP contribution is -2.38. The standard InChI is InChI=1S/C15H19N3O4S/c1-11-16-15(17-22-11)12-7-9-18(10-8-12)23(19,20)14-5-3-13(21-2)4-6-14/h3-6,12H,7-10H2,1-2H3. The molecule has 1 aromatic carbocycles. The molecule has 2 heterocycles. The number of aryl methyl sites for hydroxylation is 1. The molecule has 0 spiro atoms. The Bertz CT molecular complexity index is 762. The van der Waals surface area contributed by atoms with E-state index in [2.05, 4.69) is 10.1 Å². The van der Waals surface area contributed by atoms with Crippen LogP contribution in [0.1, 0.15) is 30.5 Å². The van der Waals surface area contributed by atoms with Crippen molar-refractivity contribution in [3.63, 3.8) is 0 Å². The normalized spacial score (nSPS) is 17.3. The third-order valence-electron chi connectivity index (χ3n) is 4.06. The van der Waals surface area contributed by atoms with E-state index in [1.807, 2.05) is 0 Å². The van der Waals surface area contributed by atoms with E-state index in [0.29, 0.717) is 43.4 Å². The van der Waals surface area contributed by atoms with Crippen molar-refractivity contribution < 1.29 is 17.7 Å². The number of methoxy groups -OCH3 is 1. The van der Waals surface area contributed by atoms with Crippen LogP contribution in [0.3, 0.4) is 0 Å². The van der Waals surface area contributed by atoms with Gasteiger partial charge in [0, 0.05) is 25.9 Å². The maximum absolute atomic E-state index is 12.7. The fraction of sp³-hybridized carbons (Fsp3) is 0.467. The fourth-order valence-corrected chi connectivity index (χ4v) is 4.20. The van der Waals surface area contributed by atoms with Crippen molar-refractivity contribution in [2.45, 2.75) is 30.6 Å². The summed E-state index contributed by atoms with van der Waals surface area (Å²) in [5.41, 5.74) is 0. The number of hydrogen-bond donors (Lipinski definition) is 0. The van der Waals surface area contributed by atoms with Crippen molar-refractivity contribution in [2.24, 2.45) is 0 Å². The van der Waals surface area contributed by atoms with Gasteiger partial charge in [-0.1, -0.05) is 5.16 Å². The van der Waals surface area contributed by atoms with Gasteiger partial charge in [-0.3, -0.25) is 0 Å². The van der Waals surface area contributed by atoms with E-state index < -0.39 is 10.0 Å². The van der Waals surface area contributed by atoms with Gasteiger partial charge in [0.2, 0.25) is 15.9 Å². The lowest BCUT2D eigenvalue weighted by molar-refractivity contribution is 0.305. The largest absolute Gasteiger partial charge is 0.497 e.